The third kappa shape index (κ3) is 5.30. The molecule has 1 rings (SSSR count). The first-order valence-electron chi connectivity index (χ1n) is 6.71. The van der Waals surface area contributed by atoms with E-state index in [2.05, 4.69) is 5.32 Å². The lowest BCUT2D eigenvalue weighted by molar-refractivity contribution is -0.122. The molecule has 0 bridgehead atoms. The van der Waals surface area contributed by atoms with Crippen molar-refractivity contribution in [3.8, 4) is 5.75 Å². The number of nitrogens with two attached hydrogens (primary N) is 1. The monoisotopic (exact) mass is 290 g/mol. The van der Waals surface area contributed by atoms with Crippen molar-refractivity contribution in [3.05, 3.63) is 41.5 Å². The minimum atomic E-state index is -1.10. The Balaban J connectivity index is 2.78. The number of hydrogen-bond acceptors (Lipinski definition) is 3. The molecule has 3 N–H and O–H groups in total. The molecule has 21 heavy (non-hydrogen) atoms. The summed E-state index contributed by atoms with van der Waals surface area (Å²) < 4.78 is 5.54. The van der Waals surface area contributed by atoms with Crippen molar-refractivity contribution in [1.82, 2.24) is 5.32 Å². The largest absolute Gasteiger partial charge is 0.490 e. The molecule has 1 aromatic rings. The number of rotatable bonds is 6. The molecule has 1 aromatic carbocycles. The number of benzene rings is 1. The van der Waals surface area contributed by atoms with E-state index in [1.165, 1.54) is 0 Å². The van der Waals surface area contributed by atoms with Crippen LogP contribution in [-0.4, -0.2) is 24.0 Å². The summed E-state index contributed by atoms with van der Waals surface area (Å²) in [6.07, 6.45) is 1.95. The predicted molar refractivity (Wildman–Crippen MR) is 82.1 cm³/mol. The molecular formula is C16H22N2O3. The van der Waals surface area contributed by atoms with Crippen LogP contribution in [0.5, 0.6) is 5.75 Å². The summed E-state index contributed by atoms with van der Waals surface area (Å²) in [6.45, 7) is 7.53. The topological polar surface area (TPSA) is 81.4 Å². The van der Waals surface area contributed by atoms with E-state index < -0.39 is 11.4 Å². The maximum atomic E-state index is 12.1. The molecule has 0 radical (unpaired) electrons. The van der Waals surface area contributed by atoms with Crippen molar-refractivity contribution in [1.29, 1.82) is 0 Å². The lowest BCUT2D eigenvalue weighted by Gasteiger charge is -2.22. The van der Waals surface area contributed by atoms with E-state index in [1.54, 1.807) is 38.1 Å². The van der Waals surface area contributed by atoms with Crippen LogP contribution in [0.25, 0.3) is 0 Å². The van der Waals surface area contributed by atoms with Crippen LogP contribution in [0.4, 0.5) is 0 Å². The Hall–Kier alpha value is -2.30. The summed E-state index contributed by atoms with van der Waals surface area (Å²) in [4.78, 5) is 23.3. The van der Waals surface area contributed by atoms with Crippen LogP contribution in [-0.2, 0) is 4.79 Å². The molecule has 0 atom stereocenters. The minimum Gasteiger partial charge on any atom is -0.490 e. The Labute approximate surface area is 125 Å². The van der Waals surface area contributed by atoms with Gasteiger partial charge in [0.2, 0.25) is 5.91 Å². The summed E-state index contributed by atoms with van der Waals surface area (Å²) in [5.74, 6) is -0.365. The maximum Gasteiger partial charge on any atom is 0.252 e. The Morgan fingerprint density at radius 3 is 2.57 bits per heavy atom. The first-order chi connectivity index (χ1) is 9.72. The molecule has 0 saturated heterocycles. The second-order valence-electron chi connectivity index (χ2n) is 5.56. The normalized spacial score (nSPS) is 10.7. The zero-order valence-corrected chi connectivity index (χ0v) is 12.9. The predicted octanol–water partition coefficient (Wildman–Crippen LogP) is 2.03. The average Bonchev–Trinajstić information content (AvgIpc) is 2.38. The lowest BCUT2D eigenvalue weighted by atomic mass is 10.0. The van der Waals surface area contributed by atoms with Crippen molar-refractivity contribution in [3.63, 3.8) is 0 Å². The molecule has 0 aliphatic carbocycles. The van der Waals surface area contributed by atoms with E-state index in [0.29, 0.717) is 17.9 Å². The van der Waals surface area contributed by atoms with Gasteiger partial charge in [-0.2, -0.15) is 0 Å². The molecule has 0 saturated carbocycles. The zero-order valence-electron chi connectivity index (χ0n) is 12.9. The van der Waals surface area contributed by atoms with Gasteiger partial charge in [0.05, 0.1) is 0 Å². The van der Waals surface area contributed by atoms with Gasteiger partial charge >= 0.3 is 0 Å². The highest BCUT2D eigenvalue weighted by molar-refractivity contribution is 5.98. The first-order valence-corrected chi connectivity index (χ1v) is 6.71. The van der Waals surface area contributed by atoms with Gasteiger partial charge in [-0.1, -0.05) is 11.6 Å². The molecule has 114 valence electrons. The van der Waals surface area contributed by atoms with E-state index in [9.17, 15) is 9.59 Å². The molecule has 0 aromatic heterocycles. The number of primary amides is 1. The van der Waals surface area contributed by atoms with Gasteiger partial charge in [-0.25, -0.2) is 0 Å². The van der Waals surface area contributed by atoms with Crippen LogP contribution in [0.3, 0.4) is 0 Å². The summed E-state index contributed by atoms with van der Waals surface area (Å²) in [5.41, 5.74) is 5.71. The van der Waals surface area contributed by atoms with Gasteiger partial charge in [0.25, 0.3) is 5.91 Å². The Morgan fingerprint density at radius 2 is 2.00 bits per heavy atom. The zero-order chi connectivity index (χ0) is 16.0. The SMILES string of the molecule is CC(C)=CCOc1cccc(C(=O)NC(C)(C)C(N)=O)c1. The number of ether oxygens (including phenoxy) is 1. The van der Waals surface area contributed by atoms with Gasteiger partial charge in [0.15, 0.2) is 0 Å². The number of carbonyl (C=O) groups excluding carboxylic acids is 2. The molecule has 0 fully saturated rings. The van der Waals surface area contributed by atoms with Crippen molar-refractivity contribution in [2.24, 2.45) is 5.73 Å². The highest BCUT2D eigenvalue weighted by Crippen LogP contribution is 2.14. The van der Waals surface area contributed by atoms with E-state index in [0.717, 1.165) is 5.57 Å². The van der Waals surface area contributed by atoms with Crippen LogP contribution >= 0.6 is 0 Å². The number of carbonyl (C=O) groups is 2. The maximum absolute atomic E-state index is 12.1. The highest BCUT2D eigenvalue weighted by Gasteiger charge is 2.27. The standard InChI is InChI=1S/C16H22N2O3/c1-11(2)8-9-21-13-7-5-6-12(10-13)14(19)18-16(3,4)15(17)20/h5-8,10H,9H2,1-4H3,(H2,17,20)(H,18,19). The second-order valence-corrected chi connectivity index (χ2v) is 5.56. The van der Waals surface area contributed by atoms with E-state index in [-0.39, 0.29) is 5.91 Å². The fourth-order valence-corrected chi connectivity index (χ4v) is 1.45. The van der Waals surface area contributed by atoms with Gasteiger partial charge in [-0.15, -0.1) is 0 Å². The van der Waals surface area contributed by atoms with Crippen LogP contribution in [0, 0.1) is 0 Å². The summed E-state index contributed by atoms with van der Waals surface area (Å²) in [6, 6.07) is 6.78. The summed E-state index contributed by atoms with van der Waals surface area (Å²) >= 11 is 0. The van der Waals surface area contributed by atoms with Crippen molar-refractivity contribution in [2.75, 3.05) is 6.61 Å². The molecule has 5 nitrogen and oxygen atoms in total. The van der Waals surface area contributed by atoms with Crippen LogP contribution in [0.2, 0.25) is 0 Å². The van der Waals surface area contributed by atoms with Gasteiger partial charge in [0.1, 0.15) is 17.9 Å². The van der Waals surface area contributed by atoms with Crippen LogP contribution in [0.1, 0.15) is 38.1 Å². The number of amides is 2. The number of nitrogens with one attached hydrogen (secondary N) is 1. The third-order valence-corrected chi connectivity index (χ3v) is 2.88. The molecular weight excluding hydrogens is 268 g/mol. The van der Waals surface area contributed by atoms with Crippen LogP contribution in [0.15, 0.2) is 35.9 Å². The smallest absolute Gasteiger partial charge is 0.252 e. The third-order valence-electron chi connectivity index (χ3n) is 2.88. The highest BCUT2D eigenvalue weighted by atomic mass is 16.5. The van der Waals surface area contributed by atoms with E-state index in [1.807, 2.05) is 19.9 Å². The molecule has 0 heterocycles. The minimum absolute atomic E-state index is 0.369. The van der Waals surface area contributed by atoms with E-state index in [4.69, 9.17) is 10.5 Å². The molecule has 2 amide bonds. The molecule has 0 unspecified atom stereocenters. The summed E-state index contributed by atoms with van der Waals surface area (Å²) in [5, 5.41) is 2.59. The number of allylic oxidation sites excluding steroid dienone is 1. The van der Waals surface area contributed by atoms with Crippen molar-refractivity contribution in [2.45, 2.75) is 33.2 Å². The van der Waals surface area contributed by atoms with Gasteiger partial charge < -0.3 is 15.8 Å². The summed E-state index contributed by atoms with van der Waals surface area (Å²) in [7, 11) is 0. The van der Waals surface area contributed by atoms with E-state index >= 15 is 0 Å². The molecule has 0 spiro atoms. The fraction of sp³-hybridized carbons (Fsp3) is 0.375. The molecule has 0 aliphatic rings. The Bertz CT molecular complexity index is 558. The average molecular weight is 290 g/mol. The van der Waals surface area contributed by atoms with Gasteiger partial charge in [0, 0.05) is 5.56 Å². The Kier molecular flexibility index (Phi) is 5.52. The van der Waals surface area contributed by atoms with Crippen molar-refractivity contribution < 1.29 is 14.3 Å². The fourth-order valence-electron chi connectivity index (χ4n) is 1.45. The molecule has 0 aliphatic heterocycles. The molecule has 5 heteroatoms. The van der Waals surface area contributed by atoms with Gasteiger partial charge in [-0.3, -0.25) is 9.59 Å². The Morgan fingerprint density at radius 1 is 1.33 bits per heavy atom. The first kappa shape index (κ1) is 16.8. The second kappa shape index (κ2) is 6.92. The lowest BCUT2D eigenvalue weighted by Crippen LogP contribution is -2.52. The van der Waals surface area contributed by atoms with Gasteiger partial charge in [-0.05, 0) is 52.0 Å². The quantitative estimate of drug-likeness (QED) is 0.786. The van der Waals surface area contributed by atoms with Crippen molar-refractivity contribution >= 4 is 11.8 Å². The van der Waals surface area contributed by atoms with Crippen LogP contribution < -0.4 is 15.8 Å². The number of hydrogen-bond donors (Lipinski definition) is 2.